The number of halogens is 1. The number of para-hydroxylation sites is 1. The molecular formula is C18H13BrN2O3. The van der Waals surface area contributed by atoms with E-state index in [9.17, 15) is 9.59 Å². The molecule has 0 radical (unpaired) electrons. The second-order valence-corrected chi connectivity index (χ2v) is 6.62. The molecule has 1 saturated heterocycles. The van der Waals surface area contributed by atoms with Crippen LogP contribution in [0.1, 0.15) is 12.0 Å². The summed E-state index contributed by atoms with van der Waals surface area (Å²) in [7, 11) is 0. The number of anilines is 1. The van der Waals surface area contributed by atoms with E-state index in [1.807, 2.05) is 30.3 Å². The molecule has 1 fully saturated rings. The fraction of sp³-hybridized carbons (Fsp3) is 0.111. The van der Waals surface area contributed by atoms with Gasteiger partial charge in [0.05, 0.1) is 17.8 Å². The van der Waals surface area contributed by atoms with Crippen molar-refractivity contribution in [1.29, 1.82) is 0 Å². The second kappa shape index (κ2) is 5.58. The van der Waals surface area contributed by atoms with Gasteiger partial charge in [-0.05, 0) is 35.9 Å². The molecule has 2 heterocycles. The number of hydrogen-bond donors (Lipinski definition) is 1. The molecule has 1 spiro atoms. The summed E-state index contributed by atoms with van der Waals surface area (Å²) >= 11 is 3.39. The van der Waals surface area contributed by atoms with E-state index in [1.165, 1.54) is 4.90 Å². The molecule has 5 nitrogen and oxygen atoms in total. The van der Waals surface area contributed by atoms with Crippen molar-refractivity contribution in [2.75, 3.05) is 4.90 Å². The highest BCUT2D eigenvalue weighted by atomic mass is 79.9. The highest BCUT2D eigenvalue weighted by Gasteiger charge is 2.55. The van der Waals surface area contributed by atoms with Crippen molar-refractivity contribution in [2.45, 2.75) is 12.0 Å². The summed E-state index contributed by atoms with van der Waals surface area (Å²) in [5.74, 6) is -0.653. The van der Waals surface area contributed by atoms with Crippen molar-refractivity contribution in [1.82, 2.24) is 5.48 Å². The fourth-order valence-electron chi connectivity index (χ4n) is 2.92. The minimum Gasteiger partial charge on any atom is -0.274 e. The molecule has 4 rings (SSSR count). The molecule has 2 aliphatic rings. The molecule has 2 amide bonds. The van der Waals surface area contributed by atoms with Crippen molar-refractivity contribution in [3.05, 3.63) is 70.7 Å². The van der Waals surface area contributed by atoms with Crippen LogP contribution in [0.3, 0.4) is 0 Å². The maximum absolute atomic E-state index is 12.9. The summed E-state index contributed by atoms with van der Waals surface area (Å²) in [6.45, 7) is 0. The number of imide groups is 1. The molecule has 1 atom stereocenters. The van der Waals surface area contributed by atoms with Gasteiger partial charge >= 0.3 is 0 Å². The second-order valence-electron chi connectivity index (χ2n) is 5.71. The van der Waals surface area contributed by atoms with Gasteiger partial charge in [-0.15, -0.1) is 0 Å². The largest absolute Gasteiger partial charge is 0.274 e. The lowest BCUT2D eigenvalue weighted by atomic mass is 9.99. The minimum atomic E-state index is -1.28. The van der Waals surface area contributed by atoms with Crippen LogP contribution in [0.4, 0.5) is 5.69 Å². The first-order valence-corrected chi connectivity index (χ1v) is 8.24. The summed E-state index contributed by atoms with van der Waals surface area (Å²) in [4.78, 5) is 32.0. The van der Waals surface area contributed by atoms with Crippen molar-refractivity contribution >= 4 is 39.1 Å². The third kappa shape index (κ3) is 2.35. The Hall–Kier alpha value is -2.44. The lowest BCUT2D eigenvalue weighted by Crippen LogP contribution is -2.40. The van der Waals surface area contributed by atoms with Gasteiger partial charge in [0.2, 0.25) is 11.5 Å². The number of amides is 2. The van der Waals surface area contributed by atoms with E-state index in [0.29, 0.717) is 11.4 Å². The van der Waals surface area contributed by atoms with E-state index < -0.39 is 5.60 Å². The van der Waals surface area contributed by atoms with E-state index in [0.717, 1.165) is 10.0 Å². The Morgan fingerprint density at radius 2 is 1.75 bits per heavy atom. The SMILES string of the molecule is O=C1C[C@@]2(C=C(c3ccc(Br)cc3)NO2)C(=O)N1c1ccccc1. The van der Waals surface area contributed by atoms with Crippen LogP contribution in [0.25, 0.3) is 5.70 Å². The van der Waals surface area contributed by atoms with Crippen molar-refractivity contribution < 1.29 is 14.4 Å². The van der Waals surface area contributed by atoms with Gasteiger partial charge in [-0.1, -0.05) is 46.3 Å². The molecule has 0 unspecified atom stereocenters. The van der Waals surface area contributed by atoms with E-state index >= 15 is 0 Å². The predicted octanol–water partition coefficient (Wildman–Crippen LogP) is 3.03. The van der Waals surface area contributed by atoms with Gasteiger partial charge in [0.15, 0.2) is 0 Å². The molecular weight excluding hydrogens is 372 g/mol. The number of rotatable bonds is 2. The highest BCUT2D eigenvalue weighted by molar-refractivity contribution is 9.10. The van der Waals surface area contributed by atoms with Crippen LogP contribution >= 0.6 is 15.9 Å². The number of carbonyl (C=O) groups excluding carboxylic acids is 2. The number of hydroxylamine groups is 1. The van der Waals surface area contributed by atoms with E-state index in [4.69, 9.17) is 4.84 Å². The molecule has 120 valence electrons. The lowest BCUT2D eigenvalue weighted by Gasteiger charge is -2.18. The first-order valence-electron chi connectivity index (χ1n) is 7.44. The zero-order valence-corrected chi connectivity index (χ0v) is 14.1. The molecule has 0 saturated carbocycles. The topological polar surface area (TPSA) is 58.6 Å². The summed E-state index contributed by atoms with van der Waals surface area (Å²) in [6, 6.07) is 16.5. The summed E-state index contributed by atoms with van der Waals surface area (Å²) in [5, 5.41) is 0. The van der Waals surface area contributed by atoms with Gasteiger partial charge in [0.1, 0.15) is 0 Å². The van der Waals surface area contributed by atoms with Crippen molar-refractivity contribution in [3.63, 3.8) is 0 Å². The maximum Gasteiger partial charge on any atom is 0.273 e. The van der Waals surface area contributed by atoms with Crippen LogP contribution < -0.4 is 10.4 Å². The first kappa shape index (κ1) is 15.1. The highest BCUT2D eigenvalue weighted by Crippen LogP contribution is 2.37. The van der Waals surface area contributed by atoms with Crippen LogP contribution in [-0.2, 0) is 14.4 Å². The quantitative estimate of drug-likeness (QED) is 0.808. The van der Waals surface area contributed by atoms with E-state index in [-0.39, 0.29) is 18.2 Å². The Kier molecular flexibility index (Phi) is 3.51. The zero-order valence-electron chi connectivity index (χ0n) is 12.5. The van der Waals surface area contributed by atoms with Crippen LogP contribution in [0.5, 0.6) is 0 Å². The molecule has 2 aromatic rings. The molecule has 6 heteroatoms. The van der Waals surface area contributed by atoms with Gasteiger partial charge in [0, 0.05) is 4.47 Å². The predicted molar refractivity (Wildman–Crippen MR) is 92.6 cm³/mol. The minimum absolute atomic E-state index is 0.0201. The molecule has 2 aromatic carbocycles. The standard InChI is InChI=1S/C18H13BrN2O3/c19-13-8-6-12(7-9-13)15-10-18(24-20-15)11-16(22)21(17(18)23)14-4-2-1-3-5-14/h1-10,20H,11H2/t18-/m0/s1. The molecule has 2 aliphatic heterocycles. The molecule has 0 bridgehead atoms. The summed E-state index contributed by atoms with van der Waals surface area (Å²) in [6.07, 6.45) is 1.67. The number of nitrogens with zero attached hydrogens (tertiary/aromatic N) is 1. The Balaban J connectivity index is 1.68. The van der Waals surface area contributed by atoms with Crippen LogP contribution in [-0.4, -0.2) is 17.4 Å². The van der Waals surface area contributed by atoms with E-state index in [2.05, 4.69) is 21.4 Å². The Labute approximate surface area is 147 Å². The van der Waals surface area contributed by atoms with Crippen molar-refractivity contribution in [2.24, 2.45) is 0 Å². The van der Waals surface area contributed by atoms with Gasteiger partial charge < -0.3 is 0 Å². The van der Waals surface area contributed by atoms with E-state index in [1.54, 1.807) is 30.3 Å². The average molecular weight is 385 g/mol. The molecule has 1 N–H and O–H groups in total. The van der Waals surface area contributed by atoms with Gasteiger partial charge in [-0.3, -0.25) is 19.9 Å². The summed E-state index contributed by atoms with van der Waals surface area (Å²) < 4.78 is 0.961. The average Bonchev–Trinajstić information content (AvgIpc) is 3.11. The number of benzene rings is 2. The normalized spacial score (nSPS) is 22.9. The Morgan fingerprint density at radius 3 is 2.46 bits per heavy atom. The third-order valence-corrected chi connectivity index (χ3v) is 4.65. The number of hydrogen-bond acceptors (Lipinski definition) is 4. The zero-order chi connectivity index (χ0) is 16.7. The summed E-state index contributed by atoms with van der Waals surface area (Å²) in [5.41, 5.74) is 3.63. The maximum atomic E-state index is 12.9. The smallest absolute Gasteiger partial charge is 0.273 e. The number of carbonyl (C=O) groups is 2. The lowest BCUT2D eigenvalue weighted by molar-refractivity contribution is -0.136. The molecule has 24 heavy (non-hydrogen) atoms. The Morgan fingerprint density at radius 1 is 1.04 bits per heavy atom. The van der Waals surface area contributed by atoms with Crippen LogP contribution in [0.2, 0.25) is 0 Å². The van der Waals surface area contributed by atoms with Gasteiger partial charge in [-0.25, -0.2) is 4.90 Å². The molecule has 0 aromatic heterocycles. The monoisotopic (exact) mass is 384 g/mol. The van der Waals surface area contributed by atoms with Crippen molar-refractivity contribution in [3.8, 4) is 0 Å². The first-order chi connectivity index (χ1) is 11.6. The third-order valence-electron chi connectivity index (χ3n) is 4.12. The Bertz CT molecular complexity index is 848. The van der Waals surface area contributed by atoms with Gasteiger partial charge in [0.25, 0.3) is 5.91 Å². The van der Waals surface area contributed by atoms with Crippen LogP contribution in [0.15, 0.2) is 65.1 Å². The fourth-order valence-corrected chi connectivity index (χ4v) is 3.19. The van der Waals surface area contributed by atoms with Gasteiger partial charge in [-0.2, -0.15) is 0 Å². The van der Waals surface area contributed by atoms with Crippen LogP contribution in [0, 0.1) is 0 Å². The number of nitrogens with one attached hydrogen (secondary N) is 1. The molecule has 0 aliphatic carbocycles.